The minimum atomic E-state index is -0.507. The van der Waals surface area contributed by atoms with Gasteiger partial charge in [-0.3, -0.25) is 0 Å². The molecule has 4 heteroatoms. The third kappa shape index (κ3) is 4.01. The summed E-state index contributed by atoms with van der Waals surface area (Å²) in [5.41, 5.74) is 6.60. The second kappa shape index (κ2) is 6.97. The average molecular weight is 250 g/mol. The van der Waals surface area contributed by atoms with Gasteiger partial charge in [-0.25, -0.2) is 4.39 Å². The topological polar surface area (TPSA) is 59.0 Å². The van der Waals surface area contributed by atoms with Gasteiger partial charge in [-0.2, -0.15) is 5.26 Å². The van der Waals surface area contributed by atoms with Crippen LogP contribution in [0.1, 0.15) is 32.3 Å². The predicted molar refractivity (Wildman–Crippen MR) is 68.7 cm³/mol. The van der Waals surface area contributed by atoms with Crippen LogP contribution in [-0.2, 0) is 6.42 Å². The van der Waals surface area contributed by atoms with Crippen molar-refractivity contribution in [3.8, 4) is 11.8 Å². The zero-order chi connectivity index (χ0) is 13.5. The van der Waals surface area contributed by atoms with Gasteiger partial charge in [0.1, 0.15) is 17.6 Å². The van der Waals surface area contributed by atoms with Gasteiger partial charge in [0, 0.05) is 6.04 Å². The Labute approximate surface area is 107 Å². The number of hydrogen-bond acceptors (Lipinski definition) is 3. The zero-order valence-corrected chi connectivity index (χ0v) is 10.8. The molecule has 98 valence electrons. The fourth-order valence-electron chi connectivity index (χ4n) is 1.60. The number of ether oxygens (including phenoxy) is 1. The number of nitrogens with zero attached hydrogens (tertiary/aromatic N) is 1. The summed E-state index contributed by atoms with van der Waals surface area (Å²) < 4.78 is 18.8. The minimum Gasteiger partial charge on any atom is -0.475 e. The number of nitrogens with two attached hydrogens (primary N) is 1. The van der Waals surface area contributed by atoms with E-state index >= 15 is 0 Å². The fraction of sp³-hybridized carbons (Fsp3) is 0.500. The van der Waals surface area contributed by atoms with E-state index in [1.807, 2.05) is 13.8 Å². The van der Waals surface area contributed by atoms with Crippen molar-refractivity contribution in [1.29, 1.82) is 5.26 Å². The molecule has 0 aliphatic heterocycles. The van der Waals surface area contributed by atoms with E-state index in [1.165, 1.54) is 12.1 Å². The van der Waals surface area contributed by atoms with Crippen LogP contribution in [0.25, 0.3) is 0 Å². The van der Waals surface area contributed by atoms with Crippen LogP contribution < -0.4 is 10.5 Å². The van der Waals surface area contributed by atoms with Gasteiger partial charge in [-0.1, -0.05) is 13.8 Å². The van der Waals surface area contributed by atoms with E-state index in [1.54, 1.807) is 6.07 Å². The molecule has 0 heterocycles. The van der Waals surface area contributed by atoms with E-state index < -0.39 is 6.10 Å². The van der Waals surface area contributed by atoms with Crippen molar-refractivity contribution in [1.82, 2.24) is 0 Å². The van der Waals surface area contributed by atoms with E-state index in [4.69, 9.17) is 15.7 Å². The number of rotatable bonds is 6. The lowest BCUT2D eigenvalue weighted by atomic mass is 10.0. The van der Waals surface area contributed by atoms with Crippen LogP contribution in [-0.4, -0.2) is 12.1 Å². The molecule has 0 saturated heterocycles. The molecule has 18 heavy (non-hydrogen) atoms. The summed E-state index contributed by atoms with van der Waals surface area (Å²) in [7, 11) is 0. The molecular weight excluding hydrogens is 231 g/mol. The summed E-state index contributed by atoms with van der Waals surface area (Å²) >= 11 is 0. The maximum Gasteiger partial charge on any atom is 0.184 e. The van der Waals surface area contributed by atoms with Gasteiger partial charge in [0.25, 0.3) is 0 Å². The van der Waals surface area contributed by atoms with E-state index in [-0.39, 0.29) is 11.9 Å². The Morgan fingerprint density at radius 2 is 2.11 bits per heavy atom. The quantitative estimate of drug-likeness (QED) is 0.844. The number of hydrogen-bond donors (Lipinski definition) is 1. The molecule has 0 amide bonds. The predicted octanol–water partition coefficient (Wildman–Crippen LogP) is 2.79. The maximum atomic E-state index is 13.2. The summed E-state index contributed by atoms with van der Waals surface area (Å²) in [4.78, 5) is 0. The van der Waals surface area contributed by atoms with Crippen molar-refractivity contribution in [3.05, 3.63) is 29.6 Å². The third-order valence-electron chi connectivity index (χ3n) is 2.81. The first-order chi connectivity index (χ1) is 8.60. The highest BCUT2D eigenvalue weighted by Crippen LogP contribution is 2.23. The van der Waals surface area contributed by atoms with Gasteiger partial charge < -0.3 is 10.5 Å². The normalized spacial score (nSPS) is 13.7. The second-order valence-electron chi connectivity index (χ2n) is 4.27. The first-order valence-electron chi connectivity index (χ1n) is 6.20. The van der Waals surface area contributed by atoms with Gasteiger partial charge in [-0.15, -0.1) is 0 Å². The molecule has 0 aliphatic carbocycles. The van der Waals surface area contributed by atoms with E-state index in [2.05, 4.69) is 6.07 Å². The van der Waals surface area contributed by atoms with E-state index in [0.29, 0.717) is 18.6 Å². The van der Waals surface area contributed by atoms with Gasteiger partial charge >= 0.3 is 0 Å². The standard InChI is InChI=1S/C14H19FN2O/c1-3-12(17)8-10-7-11(15)5-6-14(10)18-13(4-2)9-16/h5-7,12-13H,3-4,8,17H2,1-2H3. The Bertz CT molecular complexity index is 428. The van der Waals surface area contributed by atoms with Crippen molar-refractivity contribution >= 4 is 0 Å². The summed E-state index contributed by atoms with van der Waals surface area (Å²) in [6.07, 6.45) is 1.44. The highest BCUT2D eigenvalue weighted by molar-refractivity contribution is 5.35. The average Bonchev–Trinajstić information content (AvgIpc) is 2.38. The highest BCUT2D eigenvalue weighted by atomic mass is 19.1. The Kier molecular flexibility index (Phi) is 5.60. The molecule has 0 saturated carbocycles. The van der Waals surface area contributed by atoms with Gasteiger partial charge in [0.05, 0.1) is 0 Å². The summed E-state index contributed by atoms with van der Waals surface area (Å²) in [5.74, 6) is 0.236. The molecule has 0 fully saturated rings. The van der Waals surface area contributed by atoms with Crippen LogP contribution in [0.2, 0.25) is 0 Å². The van der Waals surface area contributed by atoms with Crippen molar-refractivity contribution in [2.45, 2.75) is 45.3 Å². The Morgan fingerprint density at radius 3 is 2.67 bits per heavy atom. The van der Waals surface area contributed by atoms with Crippen LogP contribution >= 0.6 is 0 Å². The monoisotopic (exact) mass is 250 g/mol. The van der Waals surface area contributed by atoms with Gasteiger partial charge in [0.15, 0.2) is 6.10 Å². The van der Waals surface area contributed by atoms with Crippen LogP contribution in [0.5, 0.6) is 5.75 Å². The number of benzene rings is 1. The molecule has 3 nitrogen and oxygen atoms in total. The smallest absolute Gasteiger partial charge is 0.184 e. The molecule has 0 aromatic heterocycles. The molecule has 0 spiro atoms. The second-order valence-corrected chi connectivity index (χ2v) is 4.27. The lowest BCUT2D eigenvalue weighted by Gasteiger charge is -2.16. The lowest BCUT2D eigenvalue weighted by Crippen LogP contribution is -2.22. The summed E-state index contributed by atoms with van der Waals surface area (Å²) in [5, 5.41) is 8.89. The van der Waals surface area contributed by atoms with Crippen LogP contribution in [0.4, 0.5) is 4.39 Å². The molecule has 2 N–H and O–H groups in total. The summed E-state index contributed by atoms with van der Waals surface area (Å²) in [6.45, 7) is 3.85. The molecule has 2 unspecified atom stereocenters. The van der Waals surface area contributed by atoms with Crippen LogP contribution in [0.15, 0.2) is 18.2 Å². The van der Waals surface area contributed by atoms with Crippen LogP contribution in [0.3, 0.4) is 0 Å². The first kappa shape index (κ1) is 14.5. The fourth-order valence-corrected chi connectivity index (χ4v) is 1.60. The SMILES string of the molecule is CCC(N)Cc1cc(F)ccc1OC(C#N)CC. The largest absolute Gasteiger partial charge is 0.475 e. The Balaban J connectivity index is 2.92. The molecule has 0 radical (unpaired) electrons. The van der Waals surface area contributed by atoms with Gasteiger partial charge in [-0.05, 0) is 43.0 Å². The molecular formula is C14H19FN2O. The third-order valence-corrected chi connectivity index (χ3v) is 2.81. The first-order valence-corrected chi connectivity index (χ1v) is 6.20. The molecule has 0 bridgehead atoms. The van der Waals surface area contributed by atoms with E-state index in [0.717, 1.165) is 12.0 Å². The highest BCUT2D eigenvalue weighted by Gasteiger charge is 2.13. The van der Waals surface area contributed by atoms with Crippen LogP contribution in [0, 0.1) is 17.1 Å². The Morgan fingerprint density at radius 1 is 1.39 bits per heavy atom. The molecule has 1 aromatic carbocycles. The summed E-state index contributed by atoms with van der Waals surface area (Å²) in [6, 6.07) is 6.35. The maximum absolute atomic E-state index is 13.2. The molecule has 2 atom stereocenters. The number of nitriles is 1. The Hall–Kier alpha value is -1.60. The lowest BCUT2D eigenvalue weighted by molar-refractivity contribution is 0.248. The molecule has 1 aromatic rings. The zero-order valence-electron chi connectivity index (χ0n) is 10.8. The minimum absolute atomic E-state index is 0.0312. The van der Waals surface area contributed by atoms with Crippen molar-refractivity contribution in [2.75, 3.05) is 0 Å². The molecule has 0 aliphatic rings. The van der Waals surface area contributed by atoms with Gasteiger partial charge in [0.2, 0.25) is 0 Å². The van der Waals surface area contributed by atoms with Crippen molar-refractivity contribution in [2.24, 2.45) is 5.73 Å². The van der Waals surface area contributed by atoms with Crippen molar-refractivity contribution < 1.29 is 9.13 Å². The van der Waals surface area contributed by atoms with Crippen molar-refractivity contribution in [3.63, 3.8) is 0 Å². The molecule has 1 rings (SSSR count). The van der Waals surface area contributed by atoms with E-state index in [9.17, 15) is 4.39 Å². The number of halogens is 1.